The fourth-order valence-electron chi connectivity index (χ4n) is 3.05. The van der Waals surface area contributed by atoms with E-state index in [1.807, 2.05) is 0 Å². The number of carbonyl (C=O) groups excluding carboxylic acids is 1. The van der Waals surface area contributed by atoms with Crippen molar-refractivity contribution in [3.63, 3.8) is 0 Å². The van der Waals surface area contributed by atoms with Gasteiger partial charge in [-0.3, -0.25) is 4.79 Å². The summed E-state index contributed by atoms with van der Waals surface area (Å²) in [6.45, 7) is 1.90. The number of hydrogen-bond donors (Lipinski definition) is 0. The highest BCUT2D eigenvalue weighted by Gasteiger charge is 2.33. The number of carbonyl (C=O) groups is 1. The number of ether oxygens (including phenoxy) is 1. The lowest BCUT2D eigenvalue weighted by atomic mass is 10.2. The normalized spacial score (nSPS) is 15.4. The van der Waals surface area contributed by atoms with Gasteiger partial charge >= 0.3 is 6.18 Å². The third-order valence-electron chi connectivity index (χ3n) is 4.45. The van der Waals surface area contributed by atoms with Crippen LogP contribution < -0.4 is 9.64 Å². The van der Waals surface area contributed by atoms with Crippen molar-refractivity contribution in [2.45, 2.75) is 12.6 Å². The van der Waals surface area contributed by atoms with Crippen LogP contribution in [0.2, 0.25) is 0 Å². The van der Waals surface area contributed by atoms with Crippen molar-refractivity contribution in [2.24, 2.45) is 0 Å². The van der Waals surface area contributed by atoms with E-state index >= 15 is 0 Å². The Morgan fingerprint density at radius 2 is 1.85 bits per heavy atom. The lowest BCUT2D eigenvalue weighted by Gasteiger charge is -2.23. The third-order valence-corrected chi connectivity index (χ3v) is 4.45. The molecular formula is C19H20F3N3O2. The number of aromatic nitrogens is 1. The quantitative estimate of drug-likeness (QED) is 0.819. The van der Waals surface area contributed by atoms with Crippen molar-refractivity contribution in [1.29, 1.82) is 0 Å². The van der Waals surface area contributed by atoms with Crippen molar-refractivity contribution in [2.75, 3.05) is 38.2 Å². The van der Waals surface area contributed by atoms with Crippen LogP contribution in [-0.2, 0) is 6.18 Å². The van der Waals surface area contributed by atoms with Crippen LogP contribution in [0.3, 0.4) is 0 Å². The summed E-state index contributed by atoms with van der Waals surface area (Å²) < 4.78 is 43.8. The Morgan fingerprint density at radius 3 is 2.59 bits per heavy atom. The highest BCUT2D eigenvalue weighted by Crippen LogP contribution is 2.29. The lowest BCUT2D eigenvalue weighted by Crippen LogP contribution is -2.35. The maximum absolute atomic E-state index is 12.9. The molecule has 1 fully saturated rings. The van der Waals surface area contributed by atoms with E-state index in [0.717, 1.165) is 6.07 Å². The van der Waals surface area contributed by atoms with Gasteiger partial charge in [-0.25, -0.2) is 4.98 Å². The zero-order valence-corrected chi connectivity index (χ0v) is 14.9. The lowest BCUT2D eigenvalue weighted by molar-refractivity contribution is -0.141. The van der Waals surface area contributed by atoms with E-state index in [2.05, 4.69) is 4.98 Å². The summed E-state index contributed by atoms with van der Waals surface area (Å²) in [6, 6.07) is 10.8. The number of alkyl halides is 3. The second-order valence-electron chi connectivity index (χ2n) is 6.24. The number of nitrogens with zero attached hydrogens (tertiary/aromatic N) is 3. The number of anilines is 1. The van der Waals surface area contributed by atoms with Crippen LogP contribution in [0.4, 0.5) is 19.0 Å². The largest absolute Gasteiger partial charge is 0.497 e. The minimum atomic E-state index is -4.48. The van der Waals surface area contributed by atoms with Gasteiger partial charge in [0.1, 0.15) is 17.3 Å². The first-order valence-electron chi connectivity index (χ1n) is 8.61. The van der Waals surface area contributed by atoms with Crippen molar-refractivity contribution >= 4 is 11.7 Å². The van der Waals surface area contributed by atoms with Crippen LogP contribution in [0.1, 0.15) is 22.5 Å². The highest BCUT2D eigenvalue weighted by atomic mass is 19.4. The van der Waals surface area contributed by atoms with Crippen LogP contribution in [0.15, 0.2) is 42.5 Å². The van der Waals surface area contributed by atoms with Gasteiger partial charge in [0, 0.05) is 31.7 Å². The van der Waals surface area contributed by atoms with Crippen LogP contribution in [0.5, 0.6) is 5.75 Å². The number of benzene rings is 1. The third kappa shape index (κ3) is 4.50. The SMILES string of the molecule is COc1cccc(C(=O)N2CCCN(c3cccc(C(F)(F)F)n3)CC2)c1. The Labute approximate surface area is 155 Å². The molecule has 0 radical (unpaired) electrons. The number of amides is 1. The first kappa shape index (κ1) is 19.0. The Bertz CT molecular complexity index is 811. The number of rotatable bonds is 3. The molecule has 0 unspecified atom stereocenters. The van der Waals surface area contributed by atoms with Crippen LogP contribution in [0.25, 0.3) is 0 Å². The monoisotopic (exact) mass is 379 g/mol. The van der Waals surface area contributed by atoms with Crippen LogP contribution in [0, 0.1) is 0 Å². The number of methoxy groups -OCH3 is 1. The number of hydrogen-bond acceptors (Lipinski definition) is 4. The minimum absolute atomic E-state index is 0.118. The smallest absolute Gasteiger partial charge is 0.433 e. The van der Waals surface area contributed by atoms with Gasteiger partial charge in [0.15, 0.2) is 0 Å². The van der Waals surface area contributed by atoms with Gasteiger partial charge in [-0.1, -0.05) is 12.1 Å². The molecule has 1 saturated heterocycles. The molecule has 1 aromatic carbocycles. The van der Waals surface area contributed by atoms with Gasteiger partial charge in [0.05, 0.1) is 7.11 Å². The predicted molar refractivity (Wildman–Crippen MR) is 95.0 cm³/mol. The Hall–Kier alpha value is -2.77. The van der Waals surface area contributed by atoms with Gasteiger partial charge in [-0.15, -0.1) is 0 Å². The second-order valence-corrected chi connectivity index (χ2v) is 6.24. The molecule has 2 aromatic rings. The molecule has 1 aliphatic heterocycles. The van der Waals surface area contributed by atoms with Gasteiger partial charge in [0.25, 0.3) is 5.91 Å². The maximum Gasteiger partial charge on any atom is 0.433 e. The molecule has 1 aliphatic rings. The molecule has 0 N–H and O–H groups in total. The molecule has 1 aromatic heterocycles. The Balaban J connectivity index is 1.71. The molecule has 27 heavy (non-hydrogen) atoms. The first-order chi connectivity index (χ1) is 12.9. The molecule has 0 aliphatic carbocycles. The fraction of sp³-hybridized carbons (Fsp3) is 0.368. The molecule has 0 saturated carbocycles. The summed E-state index contributed by atoms with van der Waals surface area (Å²) in [4.78, 5) is 20.0. The Morgan fingerprint density at radius 1 is 1.07 bits per heavy atom. The molecule has 144 valence electrons. The molecule has 5 nitrogen and oxygen atoms in total. The predicted octanol–water partition coefficient (Wildman–Crippen LogP) is 3.46. The molecule has 0 spiro atoms. The minimum Gasteiger partial charge on any atom is -0.497 e. The zero-order valence-electron chi connectivity index (χ0n) is 14.9. The van der Waals surface area contributed by atoms with E-state index in [1.54, 1.807) is 40.1 Å². The Kier molecular flexibility index (Phi) is 5.53. The molecule has 0 atom stereocenters. The topological polar surface area (TPSA) is 45.7 Å². The maximum atomic E-state index is 12.9. The summed E-state index contributed by atoms with van der Waals surface area (Å²) in [6.07, 6.45) is -3.83. The van der Waals surface area contributed by atoms with E-state index < -0.39 is 11.9 Å². The molecule has 2 heterocycles. The molecule has 1 amide bonds. The fourth-order valence-corrected chi connectivity index (χ4v) is 3.05. The van der Waals surface area contributed by atoms with Crippen LogP contribution in [-0.4, -0.2) is 49.1 Å². The van der Waals surface area contributed by atoms with Gasteiger partial charge < -0.3 is 14.5 Å². The van der Waals surface area contributed by atoms with Gasteiger partial charge in [-0.2, -0.15) is 13.2 Å². The average Bonchev–Trinajstić information content (AvgIpc) is 2.93. The number of halogens is 3. The highest BCUT2D eigenvalue weighted by molar-refractivity contribution is 5.94. The molecule has 3 rings (SSSR count). The van der Waals surface area contributed by atoms with E-state index in [-0.39, 0.29) is 11.7 Å². The molecule has 0 bridgehead atoms. The van der Waals surface area contributed by atoms with Crippen molar-refractivity contribution < 1.29 is 22.7 Å². The second kappa shape index (κ2) is 7.85. The van der Waals surface area contributed by atoms with Gasteiger partial charge in [-0.05, 0) is 36.8 Å². The van der Waals surface area contributed by atoms with Crippen LogP contribution >= 0.6 is 0 Å². The van der Waals surface area contributed by atoms with Crippen molar-refractivity contribution in [3.05, 3.63) is 53.7 Å². The van der Waals surface area contributed by atoms with Gasteiger partial charge in [0.2, 0.25) is 0 Å². The number of pyridine rings is 1. The molecule has 8 heteroatoms. The zero-order chi connectivity index (χ0) is 19.4. The summed E-state index contributed by atoms with van der Waals surface area (Å²) in [7, 11) is 1.54. The van der Waals surface area contributed by atoms with Crippen molar-refractivity contribution in [1.82, 2.24) is 9.88 Å². The summed E-state index contributed by atoms with van der Waals surface area (Å²) >= 11 is 0. The van der Waals surface area contributed by atoms with E-state index in [0.29, 0.717) is 43.9 Å². The first-order valence-corrected chi connectivity index (χ1v) is 8.61. The van der Waals surface area contributed by atoms with E-state index in [1.165, 1.54) is 13.2 Å². The summed E-state index contributed by atoms with van der Waals surface area (Å²) in [5, 5.41) is 0. The standard InChI is InChI=1S/C19H20F3N3O2/c1-27-15-6-2-5-14(13-15)18(26)25-10-4-9-24(11-12-25)17-8-3-7-16(23-17)19(20,21)22/h2-3,5-8,13H,4,9-12H2,1H3. The van der Waals surface area contributed by atoms with E-state index in [4.69, 9.17) is 4.74 Å². The molecular weight excluding hydrogens is 359 g/mol. The van der Waals surface area contributed by atoms with Crippen molar-refractivity contribution in [3.8, 4) is 5.75 Å². The average molecular weight is 379 g/mol. The summed E-state index contributed by atoms with van der Waals surface area (Å²) in [5.41, 5.74) is -0.381. The summed E-state index contributed by atoms with van der Waals surface area (Å²) in [5.74, 6) is 0.763. The van der Waals surface area contributed by atoms with E-state index in [9.17, 15) is 18.0 Å².